The molecule has 0 aliphatic heterocycles. The van der Waals surface area contributed by atoms with Gasteiger partial charge in [0.2, 0.25) is 0 Å². The molecule has 0 spiro atoms. The van der Waals surface area contributed by atoms with Crippen molar-refractivity contribution in [1.82, 2.24) is 0 Å². The number of unbranched alkanes of at least 4 members (excludes halogenated alkanes) is 9. The Hall–Kier alpha value is 0.832. The Labute approximate surface area is 127 Å². The second-order valence-electron chi connectivity index (χ2n) is 4.47. The van der Waals surface area contributed by atoms with Gasteiger partial charge in [0.05, 0.1) is 5.75 Å². The van der Waals surface area contributed by atoms with Crippen LogP contribution in [0.5, 0.6) is 0 Å². The zero-order chi connectivity index (χ0) is 12.3. The molecular formula is C12H28O3PbS. The summed E-state index contributed by atoms with van der Waals surface area (Å²) in [4.78, 5) is 0. The van der Waals surface area contributed by atoms with Crippen LogP contribution in [0.1, 0.15) is 71.1 Å². The van der Waals surface area contributed by atoms with Crippen molar-refractivity contribution in [1.29, 1.82) is 0 Å². The Bertz CT molecular complexity index is 240. The molecule has 0 heterocycles. The summed E-state index contributed by atoms with van der Waals surface area (Å²) < 4.78 is 29.4. The van der Waals surface area contributed by atoms with E-state index in [2.05, 4.69) is 6.92 Å². The van der Waals surface area contributed by atoms with Crippen molar-refractivity contribution >= 4 is 37.4 Å². The van der Waals surface area contributed by atoms with Crippen LogP contribution in [0.2, 0.25) is 0 Å². The van der Waals surface area contributed by atoms with Crippen LogP contribution in [0.3, 0.4) is 0 Å². The second kappa shape index (κ2) is 13.3. The van der Waals surface area contributed by atoms with Crippen molar-refractivity contribution in [3.05, 3.63) is 0 Å². The number of rotatable bonds is 11. The van der Waals surface area contributed by atoms with Crippen LogP contribution in [0.15, 0.2) is 0 Å². The van der Waals surface area contributed by atoms with E-state index in [1.165, 1.54) is 44.9 Å². The summed E-state index contributed by atoms with van der Waals surface area (Å²) in [5.41, 5.74) is 0. The fourth-order valence-corrected chi connectivity index (χ4v) is 2.34. The SMILES string of the molecule is CCCCCCCCCCCCS(=O)(=O)O.[PbH2]. The first kappa shape index (κ1) is 20.2. The van der Waals surface area contributed by atoms with Crippen LogP contribution >= 0.6 is 0 Å². The molecule has 104 valence electrons. The predicted molar refractivity (Wildman–Crippen MR) is 76.8 cm³/mol. The summed E-state index contributed by atoms with van der Waals surface area (Å²) in [6.07, 6.45) is 11.7. The van der Waals surface area contributed by atoms with Crippen molar-refractivity contribution in [2.45, 2.75) is 71.1 Å². The summed E-state index contributed by atoms with van der Waals surface area (Å²) >= 11 is 0. The molecule has 0 aromatic heterocycles. The van der Waals surface area contributed by atoms with E-state index in [1.807, 2.05) is 0 Å². The average Bonchev–Trinajstić information content (AvgIpc) is 2.19. The van der Waals surface area contributed by atoms with Crippen LogP contribution < -0.4 is 0 Å². The maximum absolute atomic E-state index is 10.4. The van der Waals surface area contributed by atoms with Gasteiger partial charge in [-0.15, -0.1) is 0 Å². The summed E-state index contributed by atoms with van der Waals surface area (Å²) in [7, 11) is -3.73. The van der Waals surface area contributed by atoms with Gasteiger partial charge in [0.15, 0.2) is 0 Å². The molecule has 5 heteroatoms. The molecule has 0 fully saturated rings. The third-order valence-corrected chi connectivity index (χ3v) is 3.56. The van der Waals surface area contributed by atoms with E-state index in [9.17, 15) is 8.42 Å². The minimum atomic E-state index is -3.73. The molecule has 0 saturated heterocycles. The van der Waals surface area contributed by atoms with E-state index in [0.29, 0.717) is 6.42 Å². The number of hydrogen-bond donors (Lipinski definition) is 1. The van der Waals surface area contributed by atoms with Crippen molar-refractivity contribution in [3.8, 4) is 0 Å². The quantitative estimate of drug-likeness (QED) is 0.294. The van der Waals surface area contributed by atoms with E-state index in [4.69, 9.17) is 4.55 Å². The van der Waals surface area contributed by atoms with Crippen LogP contribution in [-0.4, -0.2) is 46.0 Å². The topological polar surface area (TPSA) is 54.4 Å². The van der Waals surface area contributed by atoms with Gasteiger partial charge in [-0.3, -0.25) is 4.55 Å². The Morgan fingerprint density at radius 2 is 1.12 bits per heavy atom. The van der Waals surface area contributed by atoms with Gasteiger partial charge in [-0.1, -0.05) is 64.7 Å². The Morgan fingerprint density at radius 3 is 1.47 bits per heavy atom. The van der Waals surface area contributed by atoms with Gasteiger partial charge in [0, 0.05) is 0 Å². The molecule has 0 saturated carbocycles. The van der Waals surface area contributed by atoms with Crippen LogP contribution in [0.4, 0.5) is 0 Å². The fourth-order valence-electron chi connectivity index (χ4n) is 1.77. The van der Waals surface area contributed by atoms with Crippen LogP contribution in [0.25, 0.3) is 0 Å². The molecule has 3 nitrogen and oxygen atoms in total. The molecule has 0 atom stereocenters. The first-order valence-corrected chi connectivity index (χ1v) is 8.12. The summed E-state index contributed by atoms with van der Waals surface area (Å²) in [6, 6.07) is 0. The molecule has 0 aliphatic rings. The normalized spacial score (nSPS) is 11.2. The van der Waals surface area contributed by atoms with Gasteiger partial charge >= 0.3 is 27.3 Å². The van der Waals surface area contributed by atoms with Crippen LogP contribution in [-0.2, 0) is 10.1 Å². The first-order chi connectivity index (χ1) is 7.56. The van der Waals surface area contributed by atoms with Crippen molar-refractivity contribution in [2.24, 2.45) is 0 Å². The molecular weight excluding hydrogens is 431 g/mol. The molecule has 2 radical (unpaired) electrons. The molecule has 0 aliphatic carbocycles. The molecule has 0 bridgehead atoms. The summed E-state index contributed by atoms with van der Waals surface area (Å²) in [6.45, 7) is 2.22. The Kier molecular flexibility index (Phi) is 15.7. The molecule has 0 aromatic rings. The second-order valence-corrected chi connectivity index (χ2v) is 6.04. The van der Waals surface area contributed by atoms with E-state index >= 15 is 0 Å². The van der Waals surface area contributed by atoms with E-state index in [1.54, 1.807) is 0 Å². The van der Waals surface area contributed by atoms with Crippen molar-refractivity contribution in [2.75, 3.05) is 5.75 Å². The number of hydrogen-bond acceptors (Lipinski definition) is 2. The van der Waals surface area contributed by atoms with Gasteiger partial charge in [-0.2, -0.15) is 8.42 Å². The van der Waals surface area contributed by atoms with Gasteiger partial charge in [-0.25, -0.2) is 0 Å². The molecule has 0 unspecified atom stereocenters. The van der Waals surface area contributed by atoms with E-state index in [-0.39, 0.29) is 33.1 Å². The third kappa shape index (κ3) is 19.4. The first-order valence-electron chi connectivity index (χ1n) is 6.51. The van der Waals surface area contributed by atoms with E-state index < -0.39 is 10.1 Å². The van der Waals surface area contributed by atoms with Gasteiger partial charge in [0.1, 0.15) is 0 Å². The average molecular weight is 460 g/mol. The standard InChI is InChI=1S/C12H26O3S.Pb.2H/c1-2-3-4-5-6-7-8-9-10-11-12-16(13,14)15;;;/h2-12H2,1H3,(H,13,14,15);;;. The van der Waals surface area contributed by atoms with Gasteiger partial charge in [-0.05, 0) is 6.42 Å². The predicted octanol–water partition coefficient (Wildman–Crippen LogP) is 2.88. The summed E-state index contributed by atoms with van der Waals surface area (Å²) in [5, 5.41) is 0. The molecule has 17 heavy (non-hydrogen) atoms. The Morgan fingerprint density at radius 1 is 0.765 bits per heavy atom. The monoisotopic (exact) mass is 460 g/mol. The van der Waals surface area contributed by atoms with Gasteiger partial charge < -0.3 is 0 Å². The zero-order valence-electron chi connectivity index (χ0n) is 11.2. The van der Waals surface area contributed by atoms with Crippen molar-refractivity contribution in [3.63, 3.8) is 0 Å². The fraction of sp³-hybridized carbons (Fsp3) is 1.00. The van der Waals surface area contributed by atoms with Crippen molar-refractivity contribution < 1.29 is 13.0 Å². The minimum absolute atomic E-state index is 0. The third-order valence-electron chi connectivity index (χ3n) is 2.76. The molecule has 0 amide bonds. The summed E-state index contributed by atoms with van der Waals surface area (Å²) in [5.74, 6) is -0.0799. The molecule has 0 rings (SSSR count). The Balaban J connectivity index is 0. The van der Waals surface area contributed by atoms with Crippen LogP contribution in [0, 0.1) is 0 Å². The molecule has 0 aromatic carbocycles. The molecule has 1 N–H and O–H groups in total. The van der Waals surface area contributed by atoms with Gasteiger partial charge in [0.25, 0.3) is 10.1 Å². The van der Waals surface area contributed by atoms with E-state index in [0.717, 1.165) is 12.8 Å². The zero-order valence-corrected chi connectivity index (χ0v) is 17.5. The maximum atomic E-state index is 10.4.